The second-order valence-electron chi connectivity index (χ2n) is 23.0. The molecular weight excluding hydrogens is 1020 g/mol. The molecule has 0 saturated heterocycles. The molecule has 0 heterocycles. The van der Waals surface area contributed by atoms with E-state index >= 15 is 0 Å². The number of allylic oxidation sites excluding steroid dienone is 20. The van der Waals surface area contributed by atoms with Gasteiger partial charge in [0.1, 0.15) is 13.2 Å². The van der Waals surface area contributed by atoms with Crippen LogP contribution in [-0.2, 0) is 28.6 Å². The van der Waals surface area contributed by atoms with E-state index in [2.05, 4.69) is 142 Å². The second kappa shape index (κ2) is 70.3. The summed E-state index contributed by atoms with van der Waals surface area (Å²) in [7, 11) is 0. The van der Waals surface area contributed by atoms with Crippen LogP contribution in [-0.4, -0.2) is 37.2 Å². The monoisotopic (exact) mass is 1150 g/mol. The van der Waals surface area contributed by atoms with Crippen LogP contribution in [0.1, 0.15) is 329 Å². The van der Waals surface area contributed by atoms with Crippen LogP contribution in [0, 0.1) is 0 Å². The molecule has 0 aromatic carbocycles. The fourth-order valence-electron chi connectivity index (χ4n) is 9.75. The highest BCUT2D eigenvalue weighted by Gasteiger charge is 2.19. The molecule has 0 aromatic rings. The summed E-state index contributed by atoms with van der Waals surface area (Å²) in [5, 5.41) is 0. The van der Waals surface area contributed by atoms with E-state index in [-0.39, 0.29) is 31.1 Å². The third-order valence-corrected chi connectivity index (χ3v) is 14.9. The lowest BCUT2D eigenvalue weighted by Crippen LogP contribution is -2.30. The van der Waals surface area contributed by atoms with Crippen LogP contribution in [0.25, 0.3) is 0 Å². The number of hydrogen-bond acceptors (Lipinski definition) is 6. The molecule has 474 valence electrons. The van der Waals surface area contributed by atoms with Gasteiger partial charge in [-0.25, -0.2) is 0 Å². The number of carbonyl (C=O) groups excluding carboxylic acids is 3. The van der Waals surface area contributed by atoms with Gasteiger partial charge in [-0.2, -0.15) is 0 Å². The molecule has 0 aromatic heterocycles. The molecule has 6 nitrogen and oxygen atoms in total. The Balaban J connectivity index is 4.19. The minimum atomic E-state index is -0.792. The average molecular weight is 1150 g/mol. The van der Waals surface area contributed by atoms with Gasteiger partial charge in [-0.05, 0) is 128 Å². The van der Waals surface area contributed by atoms with E-state index < -0.39 is 6.10 Å². The highest BCUT2D eigenvalue weighted by atomic mass is 16.6. The molecule has 6 heteroatoms. The third kappa shape index (κ3) is 68.5. The van der Waals surface area contributed by atoms with Crippen LogP contribution in [0.5, 0.6) is 0 Å². The Labute approximate surface area is 513 Å². The van der Waals surface area contributed by atoms with Crippen LogP contribution < -0.4 is 0 Å². The average Bonchev–Trinajstić information content (AvgIpc) is 3.49. The third-order valence-electron chi connectivity index (χ3n) is 14.9. The van der Waals surface area contributed by atoms with Crippen molar-refractivity contribution in [1.82, 2.24) is 0 Å². The molecule has 0 N–H and O–H groups in total. The Hall–Kier alpha value is -4.19. The SMILES string of the molecule is CC/C=C\C/C=C\C/C=C\C/C=C\C/C=C\C/C=C\CCCCCCCCCCCCCCCCCCC(=O)OCC(COC(=O)CCCCCCC/C=C\CCCCCCCC)OC(=O)CCCCCCC/C=C\C/C=C\C/C=C\CC. The predicted molar refractivity (Wildman–Crippen MR) is 362 cm³/mol. The van der Waals surface area contributed by atoms with Crippen LogP contribution >= 0.6 is 0 Å². The van der Waals surface area contributed by atoms with Gasteiger partial charge in [0.05, 0.1) is 0 Å². The zero-order valence-electron chi connectivity index (χ0n) is 54.4. The molecule has 83 heavy (non-hydrogen) atoms. The van der Waals surface area contributed by atoms with E-state index in [4.69, 9.17) is 14.2 Å². The minimum Gasteiger partial charge on any atom is -0.462 e. The summed E-state index contributed by atoms with van der Waals surface area (Å²) in [5.74, 6) is -0.902. The number of esters is 3. The fraction of sp³-hybridized carbons (Fsp3) is 0.701. The summed E-state index contributed by atoms with van der Waals surface area (Å²) in [6.07, 6.45) is 98.0. The lowest BCUT2D eigenvalue weighted by molar-refractivity contribution is -0.167. The molecule has 0 saturated carbocycles. The fourth-order valence-corrected chi connectivity index (χ4v) is 9.75. The summed E-state index contributed by atoms with van der Waals surface area (Å²) < 4.78 is 16.9. The first-order valence-corrected chi connectivity index (χ1v) is 35.0. The van der Waals surface area contributed by atoms with Crippen LogP contribution in [0.3, 0.4) is 0 Å². The molecule has 0 spiro atoms. The molecule has 0 aliphatic rings. The van der Waals surface area contributed by atoms with Crippen LogP contribution in [0.4, 0.5) is 0 Å². The molecule has 0 aliphatic carbocycles. The predicted octanol–water partition coefficient (Wildman–Crippen LogP) is 24.3. The van der Waals surface area contributed by atoms with Gasteiger partial charge >= 0.3 is 17.9 Å². The lowest BCUT2D eigenvalue weighted by atomic mass is 10.0. The van der Waals surface area contributed by atoms with Gasteiger partial charge < -0.3 is 14.2 Å². The number of rotatable bonds is 63. The highest BCUT2D eigenvalue weighted by Crippen LogP contribution is 2.17. The van der Waals surface area contributed by atoms with E-state index in [1.54, 1.807) is 0 Å². The van der Waals surface area contributed by atoms with Crippen LogP contribution in [0.2, 0.25) is 0 Å². The maximum atomic E-state index is 12.9. The van der Waals surface area contributed by atoms with Crippen molar-refractivity contribution in [1.29, 1.82) is 0 Å². The maximum Gasteiger partial charge on any atom is 0.306 e. The van der Waals surface area contributed by atoms with Crippen molar-refractivity contribution in [3.63, 3.8) is 0 Å². The molecule has 0 bridgehead atoms. The Morgan fingerprint density at radius 2 is 0.470 bits per heavy atom. The summed E-state index contributed by atoms with van der Waals surface area (Å²) in [6, 6.07) is 0. The van der Waals surface area contributed by atoms with Crippen molar-refractivity contribution in [2.45, 2.75) is 335 Å². The molecule has 1 atom stereocenters. The summed E-state index contributed by atoms with van der Waals surface area (Å²) >= 11 is 0. The molecule has 0 radical (unpaired) electrons. The highest BCUT2D eigenvalue weighted by molar-refractivity contribution is 5.71. The van der Waals surface area contributed by atoms with E-state index in [1.165, 1.54) is 148 Å². The smallest absolute Gasteiger partial charge is 0.306 e. The molecule has 1 unspecified atom stereocenters. The van der Waals surface area contributed by atoms with Gasteiger partial charge in [-0.15, -0.1) is 0 Å². The lowest BCUT2D eigenvalue weighted by Gasteiger charge is -2.18. The first-order chi connectivity index (χ1) is 41.0. The first kappa shape index (κ1) is 78.8. The maximum absolute atomic E-state index is 12.9. The summed E-state index contributed by atoms with van der Waals surface area (Å²) in [5.41, 5.74) is 0. The Morgan fingerprint density at radius 3 is 0.747 bits per heavy atom. The largest absolute Gasteiger partial charge is 0.462 e. The van der Waals surface area contributed by atoms with Crippen molar-refractivity contribution in [3.8, 4) is 0 Å². The summed E-state index contributed by atoms with van der Waals surface area (Å²) in [6.45, 7) is 6.41. The first-order valence-electron chi connectivity index (χ1n) is 35.0. The van der Waals surface area contributed by atoms with E-state index in [9.17, 15) is 14.4 Å². The number of unbranched alkanes of at least 4 members (excludes halogenated alkanes) is 32. The summed E-state index contributed by atoms with van der Waals surface area (Å²) in [4.78, 5) is 38.4. The van der Waals surface area contributed by atoms with E-state index in [1.807, 2.05) is 0 Å². The van der Waals surface area contributed by atoms with Gasteiger partial charge in [0.25, 0.3) is 0 Å². The van der Waals surface area contributed by atoms with Gasteiger partial charge in [0.15, 0.2) is 6.10 Å². The zero-order chi connectivity index (χ0) is 59.9. The molecule has 0 fully saturated rings. The van der Waals surface area contributed by atoms with Gasteiger partial charge in [0, 0.05) is 19.3 Å². The molecule has 0 aliphatic heterocycles. The van der Waals surface area contributed by atoms with Crippen molar-refractivity contribution in [2.24, 2.45) is 0 Å². The minimum absolute atomic E-state index is 0.0865. The Bertz CT molecular complexity index is 1700. The number of carbonyl (C=O) groups is 3. The standard InChI is InChI=1S/C77H130O6/c1-4-7-10-13-16-19-22-25-28-29-30-31-32-33-34-35-36-37-38-39-40-41-42-43-44-45-46-47-50-52-55-58-61-64-67-70-76(79)82-73-74(83-77(80)71-68-65-62-59-56-53-49-27-24-21-18-15-12-9-6-3)72-81-75(78)69-66-63-60-57-54-51-48-26-23-20-17-14-11-8-5-2/h7,9-10,12,16,18-19,21,25-28,30-31,33-34,36-37,48-49,74H,4-6,8,11,13-15,17,20,22-24,29,32,35,38-47,50-73H2,1-3H3/b10-7-,12-9-,19-16-,21-18-,28-25-,31-30-,34-33-,37-36-,48-26-,49-27-. The number of hydrogen-bond donors (Lipinski definition) is 0. The van der Waals surface area contributed by atoms with Crippen molar-refractivity contribution >= 4 is 17.9 Å². The topological polar surface area (TPSA) is 78.9 Å². The van der Waals surface area contributed by atoms with Crippen molar-refractivity contribution in [2.75, 3.05) is 13.2 Å². The number of ether oxygens (including phenoxy) is 3. The van der Waals surface area contributed by atoms with Crippen molar-refractivity contribution in [3.05, 3.63) is 122 Å². The van der Waals surface area contributed by atoms with Crippen LogP contribution in [0.15, 0.2) is 122 Å². The second-order valence-corrected chi connectivity index (χ2v) is 23.0. The zero-order valence-corrected chi connectivity index (χ0v) is 54.4. The van der Waals surface area contributed by atoms with Gasteiger partial charge in [-0.3, -0.25) is 14.4 Å². The molecule has 0 rings (SSSR count). The van der Waals surface area contributed by atoms with Gasteiger partial charge in [-0.1, -0.05) is 303 Å². The quantitative estimate of drug-likeness (QED) is 0.0261. The molecule has 0 amide bonds. The van der Waals surface area contributed by atoms with E-state index in [0.717, 1.165) is 141 Å². The van der Waals surface area contributed by atoms with Crippen molar-refractivity contribution < 1.29 is 28.6 Å². The normalized spacial score (nSPS) is 12.9. The van der Waals surface area contributed by atoms with Gasteiger partial charge in [0.2, 0.25) is 0 Å². The molecular formula is C77H130O6. The Kier molecular flexibility index (Phi) is 66.7. The Morgan fingerprint density at radius 1 is 0.253 bits per heavy atom. The van der Waals surface area contributed by atoms with E-state index in [0.29, 0.717) is 19.3 Å².